The van der Waals surface area contributed by atoms with Gasteiger partial charge in [0.15, 0.2) is 11.6 Å². The van der Waals surface area contributed by atoms with Crippen LogP contribution in [-0.4, -0.2) is 11.6 Å². The van der Waals surface area contributed by atoms with Crippen LogP contribution in [0, 0.1) is 11.8 Å². The molecule has 0 N–H and O–H groups in total. The molecule has 0 saturated carbocycles. The van der Waals surface area contributed by atoms with Gasteiger partial charge in [0.05, 0.1) is 5.57 Å². The maximum absolute atomic E-state index is 13.3. The predicted molar refractivity (Wildman–Crippen MR) is 111 cm³/mol. The monoisotopic (exact) mass is 360 g/mol. The fourth-order valence-corrected chi connectivity index (χ4v) is 3.13. The number of ketones is 2. The second-order valence-electron chi connectivity index (χ2n) is 6.35. The number of carbonyl (C=O) groups excluding carboxylic acids is 2. The molecule has 1 aliphatic rings. The van der Waals surface area contributed by atoms with Crippen molar-refractivity contribution >= 4 is 22.7 Å². The third kappa shape index (κ3) is 3.47. The lowest BCUT2D eigenvalue weighted by Crippen LogP contribution is -2.17. The first-order valence-electron chi connectivity index (χ1n) is 8.97. The van der Waals surface area contributed by atoms with Crippen molar-refractivity contribution in [3.8, 4) is 11.8 Å². The van der Waals surface area contributed by atoms with Crippen molar-refractivity contribution in [2.75, 3.05) is 0 Å². The molecular weight excluding hydrogens is 344 g/mol. The Labute approximate surface area is 163 Å². The number of hydrogen-bond acceptors (Lipinski definition) is 2. The van der Waals surface area contributed by atoms with Crippen molar-refractivity contribution < 1.29 is 9.59 Å². The van der Waals surface area contributed by atoms with Crippen molar-refractivity contribution in [3.63, 3.8) is 0 Å². The fourth-order valence-electron chi connectivity index (χ4n) is 3.13. The topological polar surface area (TPSA) is 34.1 Å². The zero-order valence-electron chi connectivity index (χ0n) is 15.1. The van der Waals surface area contributed by atoms with Crippen molar-refractivity contribution in [2.24, 2.45) is 0 Å². The van der Waals surface area contributed by atoms with Crippen molar-refractivity contribution in [3.05, 3.63) is 119 Å². The summed E-state index contributed by atoms with van der Waals surface area (Å²) in [6.07, 6.45) is 1.40. The summed E-state index contributed by atoms with van der Waals surface area (Å²) in [7, 11) is 0. The molecule has 132 valence electrons. The Hall–Kier alpha value is -3.96. The van der Waals surface area contributed by atoms with E-state index in [-0.39, 0.29) is 17.1 Å². The third-order valence-electron chi connectivity index (χ3n) is 4.50. The molecule has 0 heterocycles. The van der Waals surface area contributed by atoms with Crippen LogP contribution in [0.5, 0.6) is 0 Å². The molecule has 0 aromatic heterocycles. The molecule has 3 aromatic carbocycles. The van der Waals surface area contributed by atoms with Crippen LogP contribution in [0.3, 0.4) is 0 Å². The first-order valence-corrected chi connectivity index (χ1v) is 8.97. The quantitative estimate of drug-likeness (QED) is 0.489. The smallest absolute Gasteiger partial charge is 0.195 e. The van der Waals surface area contributed by atoms with Crippen LogP contribution < -0.4 is 0 Å². The SMILES string of the molecule is O=C1C=C(c2ccccc2)C(=O)C(c2ccccc2)=C1C#Cc1ccccc1. The van der Waals surface area contributed by atoms with Crippen LogP contribution in [0.2, 0.25) is 0 Å². The van der Waals surface area contributed by atoms with Crippen LogP contribution >= 0.6 is 0 Å². The zero-order chi connectivity index (χ0) is 19.3. The first kappa shape index (κ1) is 17.5. The van der Waals surface area contributed by atoms with E-state index >= 15 is 0 Å². The van der Waals surface area contributed by atoms with Gasteiger partial charge in [-0.25, -0.2) is 0 Å². The Morgan fingerprint density at radius 3 is 1.71 bits per heavy atom. The summed E-state index contributed by atoms with van der Waals surface area (Å²) >= 11 is 0. The Kier molecular flexibility index (Phi) is 4.82. The van der Waals surface area contributed by atoms with Gasteiger partial charge < -0.3 is 0 Å². The summed E-state index contributed by atoms with van der Waals surface area (Å²) in [6.45, 7) is 0. The normalized spacial score (nSPS) is 13.6. The molecule has 0 bridgehead atoms. The lowest BCUT2D eigenvalue weighted by Gasteiger charge is -2.17. The van der Waals surface area contributed by atoms with E-state index < -0.39 is 0 Å². The van der Waals surface area contributed by atoms with Crippen LogP contribution in [0.25, 0.3) is 11.1 Å². The maximum Gasteiger partial charge on any atom is 0.195 e. The van der Waals surface area contributed by atoms with Gasteiger partial charge in [-0.2, -0.15) is 0 Å². The minimum atomic E-state index is -0.249. The molecular formula is C26H16O2. The Bertz CT molecular complexity index is 1160. The summed E-state index contributed by atoms with van der Waals surface area (Å²) in [6, 6.07) is 27.9. The number of Topliss-reactive ketones (excluding diaryl/α,β-unsaturated/α-hetero) is 1. The number of carbonyl (C=O) groups is 2. The second kappa shape index (κ2) is 7.73. The molecule has 2 nitrogen and oxygen atoms in total. The van der Waals surface area contributed by atoms with Gasteiger partial charge in [0.25, 0.3) is 0 Å². The molecule has 28 heavy (non-hydrogen) atoms. The lowest BCUT2D eigenvalue weighted by molar-refractivity contribution is -0.113. The van der Waals surface area contributed by atoms with Gasteiger partial charge in [0.1, 0.15) is 0 Å². The minimum absolute atomic E-state index is 0.186. The predicted octanol–water partition coefficient (Wildman–Crippen LogP) is 4.73. The summed E-state index contributed by atoms with van der Waals surface area (Å²) in [4.78, 5) is 26.3. The summed E-state index contributed by atoms with van der Waals surface area (Å²) in [5.74, 6) is 5.53. The Morgan fingerprint density at radius 1 is 0.571 bits per heavy atom. The molecule has 0 atom stereocenters. The van der Waals surface area contributed by atoms with Crippen molar-refractivity contribution in [1.29, 1.82) is 0 Å². The van der Waals surface area contributed by atoms with Crippen LogP contribution in [0.4, 0.5) is 0 Å². The molecule has 0 spiro atoms. The van der Waals surface area contributed by atoms with Crippen LogP contribution in [-0.2, 0) is 9.59 Å². The molecule has 0 amide bonds. The summed E-state index contributed by atoms with van der Waals surface area (Å²) < 4.78 is 0. The summed E-state index contributed by atoms with van der Waals surface area (Å²) in [5, 5.41) is 0. The maximum atomic E-state index is 13.3. The largest absolute Gasteiger partial charge is 0.289 e. The highest BCUT2D eigenvalue weighted by Gasteiger charge is 2.29. The second-order valence-corrected chi connectivity index (χ2v) is 6.35. The van der Waals surface area contributed by atoms with E-state index in [1.807, 2.05) is 91.0 Å². The van der Waals surface area contributed by atoms with Crippen LogP contribution in [0.1, 0.15) is 16.7 Å². The third-order valence-corrected chi connectivity index (χ3v) is 4.50. The standard InChI is InChI=1S/C26H16O2/c27-24-18-23(20-12-6-2-7-13-20)26(28)25(21-14-8-3-9-15-21)22(24)17-16-19-10-4-1-5-11-19/h1-15,18H. The molecule has 0 unspecified atom stereocenters. The van der Waals surface area contributed by atoms with Gasteiger partial charge >= 0.3 is 0 Å². The molecule has 0 aliphatic heterocycles. The number of hydrogen-bond donors (Lipinski definition) is 0. The molecule has 2 heteroatoms. The highest BCUT2D eigenvalue weighted by molar-refractivity contribution is 6.50. The van der Waals surface area contributed by atoms with Crippen LogP contribution in [0.15, 0.2) is 103 Å². The average molecular weight is 360 g/mol. The van der Waals surface area contributed by atoms with Crippen molar-refractivity contribution in [1.82, 2.24) is 0 Å². The molecule has 4 rings (SSSR count). The Balaban J connectivity index is 1.87. The molecule has 3 aromatic rings. The lowest BCUT2D eigenvalue weighted by atomic mass is 9.83. The molecule has 0 saturated heterocycles. The molecule has 0 radical (unpaired) electrons. The van der Waals surface area contributed by atoms with E-state index in [1.165, 1.54) is 6.08 Å². The van der Waals surface area contributed by atoms with E-state index in [4.69, 9.17) is 0 Å². The number of benzene rings is 3. The van der Waals surface area contributed by atoms with E-state index in [2.05, 4.69) is 11.8 Å². The van der Waals surface area contributed by atoms with E-state index in [0.29, 0.717) is 16.7 Å². The number of rotatable bonds is 2. The van der Waals surface area contributed by atoms with Gasteiger partial charge in [-0.05, 0) is 29.3 Å². The molecule has 1 aliphatic carbocycles. The van der Waals surface area contributed by atoms with E-state index in [9.17, 15) is 9.59 Å². The molecule has 0 fully saturated rings. The van der Waals surface area contributed by atoms with Gasteiger partial charge in [0, 0.05) is 16.7 Å². The highest BCUT2D eigenvalue weighted by atomic mass is 16.1. The van der Waals surface area contributed by atoms with E-state index in [0.717, 1.165) is 11.1 Å². The average Bonchev–Trinajstić information content (AvgIpc) is 2.76. The van der Waals surface area contributed by atoms with Crippen molar-refractivity contribution in [2.45, 2.75) is 0 Å². The first-order chi connectivity index (χ1) is 13.7. The van der Waals surface area contributed by atoms with Gasteiger partial charge in [-0.1, -0.05) is 90.7 Å². The van der Waals surface area contributed by atoms with Gasteiger partial charge in [-0.3, -0.25) is 9.59 Å². The highest BCUT2D eigenvalue weighted by Crippen LogP contribution is 2.32. The summed E-state index contributed by atoms with van der Waals surface area (Å²) in [5.41, 5.74) is 3.20. The number of allylic oxidation sites excluding steroid dienone is 4. The van der Waals surface area contributed by atoms with E-state index in [1.54, 1.807) is 0 Å². The van der Waals surface area contributed by atoms with Gasteiger partial charge in [0.2, 0.25) is 0 Å². The zero-order valence-corrected chi connectivity index (χ0v) is 15.1. The van der Waals surface area contributed by atoms with Gasteiger partial charge in [-0.15, -0.1) is 0 Å². The Morgan fingerprint density at radius 2 is 1.11 bits per heavy atom. The fraction of sp³-hybridized carbons (Fsp3) is 0. The minimum Gasteiger partial charge on any atom is -0.289 e.